The SMILES string of the molecule is COC(=O)c1ccccc1S(=O)(=O)NC(=O)Nc1nc(C)cs1. The number of aryl methyl sites for hydroxylation is 1. The summed E-state index contributed by atoms with van der Waals surface area (Å²) in [5.74, 6) is -0.818. The number of aromatic nitrogens is 1. The number of carbonyl (C=O) groups is 2. The maximum Gasteiger partial charge on any atom is 0.339 e. The molecule has 0 spiro atoms. The van der Waals surface area contributed by atoms with E-state index < -0.39 is 22.0 Å². The lowest BCUT2D eigenvalue weighted by Gasteiger charge is -2.10. The Balaban J connectivity index is 2.22. The van der Waals surface area contributed by atoms with E-state index in [0.717, 1.165) is 18.4 Å². The molecular formula is C13H13N3O5S2. The van der Waals surface area contributed by atoms with E-state index >= 15 is 0 Å². The van der Waals surface area contributed by atoms with Crippen molar-refractivity contribution in [3.63, 3.8) is 0 Å². The molecule has 8 nitrogen and oxygen atoms in total. The maximum atomic E-state index is 12.3. The van der Waals surface area contributed by atoms with Crippen molar-refractivity contribution in [3.8, 4) is 0 Å². The second-order valence-electron chi connectivity index (χ2n) is 4.34. The summed E-state index contributed by atoms with van der Waals surface area (Å²) in [4.78, 5) is 27.1. The first kappa shape index (κ1) is 16.9. The summed E-state index contributed by atoms with van der Waals surface area (Å²) >= 11 is 1.16. The Morgan fingerprint density at radius 1 is 1.26 bits per heavy atom. The molecule has 10 heteroatoms. The van der Waals surface area contributed by atoms with Gasteiger partial charge in [0.1, 0.15) is 4.90 Å². The number of thiazole rings is 1. The van der Waals surface area contributed by atoms with Crippen molar-refractivity contribution in [1.82, 2.24) is 9.71 Å². The van der Waals surface area contributed by atoms with Gasteiger partial charge in [-0.3, -0.25) is 5.32 Å². The molecule has 0 atom stereocenters. The number of amides is 2. The molecule has 1 heterocycles. The number of esters is 1. The number of nitrogens with zero attached hydrogens (tertiary/aromatic N) is 1. The Kier molecular flexibility index (Phi) is 4.96. The predicted molar refractivity (Wildman–Crippen MR) is 84.0 cm³/mol. The predicted octanol–water partition coefficient (Wildman–Crippen LogP) is 1.75. The summed E-state index contributed by atoms with van der Waals surface area (Å²) in [5, 5.41) is 4.28. The van der Waals surface area contributed by atoms with Crippen molar-refractivity contribution in [2.24, 2.45) is 0 Å². The van der Waals surface area contributed by atoms with Gasteiger partial charge in [-0.05, 0) is 19.1 Å². The van der Waals surface area contributed by atoms with Crippen molar-refractivity contribution in [2.75, 3.05) is 12.4 Å². The monoisotopic (exact) mass is 355 g/mol. The summed E-state index contributed by atoms with van der Waals surface area (Å²) in [7, 11) is -3.11. The Bertz CT molecular complexity index is 845. The Morgan fingerprint density at radius 2 is 1.96 bits per heavy atom. The number of sulfonamides is 1. The van der Waals surface area contributed by atoms with Crippen LogP contribution in [0.1, 0.15) is 16.1 Å². The summed E-state index contributed by atoms with van der Waals surface area (Å²) in [5.41, 5.74) is 0.532. The molecule has 2 amide bonds. The molecular weight excluding hydrogens is 342 g/mol. The van der Waals surface area contributed by atoms with Gasteiger partial charge in [0, 0.05) is 5.38 Å². The van der Waals surface area contributed by atoms with Crippen molar-refractivity contribution < 1.29 is 22.7 Å². The lowest BCUT2D eigenvalue weighted by molar-refractivity contribution is 0.0596. The fourth-order valence-corrected chi connectivity index (χ4v) is 3.48. The van der Waals surface area contributed by atoms with E-state index in [0.29, 0.717) is 5.69 Å². The van der Waals surface area contributed by atoms with Gasteiger partial charge in [-0.25, -0.2) is 27.7 Å². The van der Waals surface area contributed by atoms with Crippen LogP contribution < -0.4 is 10.0 Å². The van der Waals surface area contributed by atoms with Gasteiger partial charge in [-0.15, -0.1) is 11.3 Å². The molecule has 0 fully saturated rings. The summed E-state index contributed by atoms with van der Waals surface area (Å²) in [6.07, 6.45) is 0. The van der Waals surface area contributed by atoms with Crippen LogP contribution in [-0.4, -0.2) is 32.5 Å². The zero-order valence-electron chi connectivity index (χ0n) is 12.2. The lowest BCUT2D eigenvalue weighted by atomic mass is 10.2. The van der Waals surface area contributed by atoms with Gasteiger partial charge in [-0.1, -0.05) is 12.1 Å². The number of methoxy groups -OCH3 is 1. The molecule has 0 radical (unpaired) electrons. The molecule has 0 aliphatic carbocycles. The minimum absolute atomic E-state index is 0.166. The van der Waals surface area contributed by atoms with Gasteiger partial charge in [0.15, 0.2) is 5.13 Å². The number of ether oxygens (including phenoxy) is 1. The van der Waals surface area contributed by atoms with Gasteiger partial charge in [-0.2, -0.15) is 0 Å². The minimum atomic E-state index is -4.24. The highest BCUT2D eigenvalue weighted by Gasteiger charge is 2.24. The van der Waals surface area contributed by atoms with Gasteiger partial charge < -0.3 is 4.74 Å². The Morgan fingerprint density at radius 3 is 2.57 bits per heavy atom. The van der Waals surface area contributed by atoms with Crippen LogP contribution in [-0.2, 0) is 14.8 Å². The van der Waals surface area contributed by atoms with E-state index in [1.165, 1.54) is 24.3 Å². The van der Waals surface area contributed by atoms with E-state index in [1.54, 1.807) is 12.3 Å². The Hall–Kier alpha value is -2.46. The fraction of sp³-hybridized carbons (Fsp3) is 0.154. The molecule has 2 aromatic rings. The van der Waals surface area contributed by atoms with Crippen LogP contribution in [0.5, 0.6) is 0 Å². The van der Waals surface area contributed by atoms with Gasteiger partial charge >= 0.3 is 12.0 Å². The summed E-state index contributed by atoms with van der Waals surface area (Å²) < 4.78 is 30.9. The van der Waals surface area contributed by atoms with Gasteiger partial charge in [0.2, 0.25) is 0 Å². The molecule has 1 aromatic carbocycles. The normalized spacial score (nSPS) is 10.9. The molecule has 0 bridgehead atoms. The quantitative estimate of drug-likeness (QED) is 0.808. The Labute approximate surface area is 136 Å². The average molecular weight is 355 g/mol. The van der Waals surface area contributed by atoms with Crippen molar-refractivity contribution >= 4 is 38.5 Å². The zero-order chi connectivity index (χ0) is 17.0. The highest BCUT2D eigenvalue weighted by atomic mass is 32.2. The van der Waals surface area contributed by atoms with Crippen LogP contribution in [0.2, 0.25) is 0 Å². The van der Waals surface area contributed by atoms with Crippen molar-refractivity contribution in [3.05, 3.63) is 40.9 Å². The molecule has 23 heavy (non-hydrogen) atoms. The van der Waals surface area contributed by atoms with Crippen LogP contribution in [0.25, 0.3) is 0 Å². The number of urea groups is 1. The average Bonchev–Trinajstić information content (AvgIpc) is 2.90. The second-order valence-corrected chi connectivity index (χ2v) is 6.85. The van der Waals surface area contributed by atoms with Crippen molar-refractivity contribution in [2.45, 2.75) is 11.8 Å². The molecule has 122 valence electrons. The maximum absolute atomic E-state index is 12.3. The molecule has 0 aliphatic heterocycles. The fourth-order valence-electron chi connectivity index (χ4n) is 1.69. The van der Waals surface area contributed by atoms with Crippen LogP contribution in [0.4, 0.5) is 9.93 Å². The first-order chi connectivity index (χ1) is 10.8. The molecule has 2 N–H and O–H groups in total. The third-order valence-electron chi connectivity index (χ3n) is 2.65. The highest BCUT2D eigenvalue weighted by molar-refractivity contribution is 7.90. The number of anilines is 1. The number of benzene rings is 1. The number of rotatable bonds is 4. The molecule has 0 aliphatic rings. The molecule has 0 saturated carbocycles. The molecule has 2 rings (SSSR count). The van der Waals surface area contributed by atoms with Crippen LogP contribution in [0.15, 0.2) is 34.5 Å². The number of hydrogen-bond donors (Lipinski definition) is 2. The zero-order valence-corrected chi connectivity index (χ0v) is 13.8. The van der Waals surface area contributed by atoms with Crippen molar-refractivity contribution in [1.29, 1.82) is 0 Å². The van der Waals surface area contributed by atoms with Crippen LogP contribution in [0, 0.1) is 6.92 Å². The number of hydrogen-bond acceptors (Lipinski definition) is 7. The number of nitrogens with one attached hydrogen (secondary N) is 2. The first-order valence-electron chi connectivity index (χ1n) is 6.27. The van der Waals surface area contributed by atoms with Gasteiger partial charge in [0.05, 0.1) is 18.4 Å². The standard InChI is InChI=1S/C13H13N3O5S2/c1-8-7-22-13(14-8)15-12(18)16-23(19,20)10-6-4-3-5-9(10)11(17)21-2/h3-7H,1-2H3,(H2,14,15,16,18). The van der Waals surface area contributed by atoms with Gasteiger partial charge in [0.25, 0.3) is 10.0 Å². The topological polar surface area (TPSA) is 114 Å². The van der Waals surface area contributed by atoms with E-state index in [9.17, 15) is 18.0 Å². The second kappa shape index (κ2) is 6.75. The highest BCUT2D eigenvalue weighted by Crippen LogP contribution is 2.17. The van der Waals surface area contributed by atoms with E-state index in [4.69, 9.17) is 0 Å². The van der Waals surface area contributed by atoms with E-state index in [1.807, 2.05) is 4.72 Å². The third kappa shape index (κ3) is 4.05. The smallest absolute Gasteiger partial charge is 0.339 e. The third-order valence-corrected chi connectivity index (χ3v) is 4.91. The molecule has 0 saturated heterocycles. The largest absolute Gasteiger partial charge is 0.465 e. The first-order valence-corrected chi connectivity index (χ1v) is 8.63. The molecule has 0 unspecified atom stereocenters. The van der Waals surface area contributed by atoms with Crippen LogP contribution >= 0.6 is 11.3 Å². The summed E-state index contributed by atoms with van der Waals surface area (Å²) in [6.45, 7) is 1.74. The van der Waals surface area contributed by atoms with Crippen LogP contribution in [0.3, 0.4) is 0 Å². The molecule has 1 aromatic heterocycles. The number of carbonyl (C=O) groups excluding carboxylic acids is 2. The lowest BCUT2D eigenvalue weighted by Crippen LogP contribution is -2.35. The van der Waals surface area contributed by atoms with E-state index in [-0.39, 0.29) is 15.6 Å². The summed E-state index contributed by atoms with van der Waals surface area (Å²) in [6, 6.07) is 4.45. The minimum Gasteiger partial charge on any atom is -0.465 e. The van der Waals surface area contributed by atoms with E-state index in [2.05, 4.69) is 15.0 Å².